The van der Waals surface area contributed by atoms with E-state index in [0.717, 1.165) is 0 Å². The molecule has 0 heterocycles. The second-order valence-corrected chi connectivity index (χ2v) is 3.52. The van der Waals surface area contributed by atoms with Gasteiger partial charge in [-0.25, -0.2) is 0 Å². The van der Waals surface area contributed by atoms with E-state index in [1.54, 1.807) is 0 Å². The molecule has 2 N–H and O–H groups in total. The van der Waals surface area contributed by atoms with Crippen LogP contribution in [0.15, 0.2) is 0 Å². The highest BCUT2D eigenvalue weighted by Gasteiger charge is 2.19. The van der Waals surface area contributed by atoms with Crippen LogP contribution in [0.25, 0.3) is 0 Å². The van der Waals surface area contributed by atoms with Crippen molar-refractivity contribution in [3.63, 3.8) is 0 Å². The van der Waals surface area contributed by atoms with Crippen molar-refractivity contribution in [2.75, 3.05) is 6.61 Å². The number of esters is 1. The zero-order valence-electron chi connectivity index (χ0n) is 7.70. The third kappa shape index (κ3) is 7.50. The van der Waals surface area contributed by atoms with Gasteiger partial charge in [-0.2, -0.15) is 0 Å². The standard InChI is InChI=1S/C8H16O4/c1-6(9)5-12-7(10)4-8(2,3)11/h6,9,11H,4-5H2,1-3H3. The maximum absolute atomic E-state index is 10.9. The molecule has 0 saturated carbocycles. The highest BCUT2D eigenvalue weighted by atomic mass is 16.5. The topological polar surface area (TPSA) is 66.8 Å². The summed E-state index contributed by atoms with van der Waals surface area (Å²) in [5.74, 6) is -0.497. The lowest BCUT2D eigenvalue weighted by Gasteiger charge is -2.15. The van der Waals surface area contributed by atoms with Crippen LogP contribution < -0.4 is 0 Å². The minimum absolute atomic E-state index is 0.0189. The molecule has 0 spiro atoms. The summed E-state index contributed by atoms with van der Waals surface area (Å²) in [5, 5.41) is 17.9. The van der Waals surface area contributed by atoms with E-state index in [1.165, 1.54) is 20.8 Å². The lowest BCUT2D eigenvalue weighted by Crippen LogP contribution is -2.26. The lowest BCUT2D eigenvalue weighted by molar-refractivity contribution is -0.150. The molecule has 0 aromatic rings. The van der Waals surface area contributed by atoms with Gasteiger partial charge in [0.2, 0.25) is 0 Å². The molecule has 0 fully saturated rings. The lowest BCUT2D eigenvalue weighted by atomic mass is 10.1. The van der Waals surface area contributed by atoms with Crippen molar-refractivity contribution in [1.29, 1.82) is 0 Å². The summed E-state index contributed by atoms with van der Waals surface area (Å²) in [7, 11) is 0. The van der Waals surface area contributed by atoms with Crippen LogP contribution in [0.1, 0.15) is 27.2 Å². The second kappa shape index (κ2) is 4.42. The molecule has 12 heavy (non-hydrogen) atoms. The fraction of sp³-hybridized carbons (Fsp3) is 0.875. The van der Waals surface area contributed by atoms with E-state index in [-0.39, 0.29) is 13.0 Å². The van der Waals surface area contributed by atoms with Gasteiger partial charge in [0.05, 0.1) is 18.1 Å². The highest BCUT2D eigenvalue weighted by Crippen LogP contribution is 2.07. The molecule has 0 radical (unpaired) electrons. The van der Waals surface area contributed by atoms with E-state index in [4.69, 9.17) is 5.11 Å². The van der Waals surface area contributed by atoms with Crippen LogP contribution in [0, 0.1) is 0 Å². The summed E-state index contributed by atoms with van der Waals surface area (Å²) in [5.41, 5.74) is -1.05. The number of ether oxygens (including phenoxy) is 1. The molecule has 0 aliphatic carbocycles. The van der Waals surface area contributed by atoms with Crippen LogP contribution >= 0.6 is 0 Å². The van der Waals surface area contributed by atoms with Crippen LogP contribution in [0.5, 0.6) is 0 Å². The third-order valence-corrected chi connectivity index (χ3v) is 1.06. The minimum Gasteiger partial charge on any atom is -0.463 e. The molecule has 0 saturated heterocycles. The van der Waals surface area contributed by atoms with Crippen LogP contribution in [-0.2, 0) is 9.53 Å². The maximum Gasteiger partial charge on any atom is 0.308 e. The second-order valence-electron chi connectivity index (χ2n) is 3.52. The molecular weight excluding hydrogens is 160 g/mol. The van der Waals surface area contributed by atoms with Gasteiger partial charge < -0.3 is 14.9 Å². The summed E-state index contributed by atoms with van der Waals surface area (Å²) in [6.07, 6.45) is -0.713. The van der Waals surface area contributed by atoms with E-state index < -0.39 is 17.7 Å². The minimum atomic E-state index is -1.05. The van der Waals surface area contributed by atoms with E-state index in [2.05, 4.69) is 4.74 Å². The quantitative estimate of drug-likeness (QED) is 0.595. The Morgan fingerprint density at radius 3 is 2.42 bits per heavy atom. The van der Waals surface area contributed by atoms with Gasteiger partial charge in [0.15, 0.2) is 0 Å². The number of carbonyl (C=O) groups is 1. The summed E-state index contributed by atoms with van der Waals surface area (Å²) in [6.45, 7) is 4.56. The Balaban J connectivity index is 3.61. The molecule has 0 bridgehead atoms. The first-order valence-electron chi connectivity index (χ1n) is 3.87. The first-order chi connectivity index (χ1) is 5.31. The highest BCUT2D eigenvalue weighted by molar-refractivity contribution is 5.70. The van der Waals surface area contributed by atoms with Gasteiger partial charge in [-0.15, -0.1) is 0 Å². The monoisotopic (exact) mass is 176 g/mol. The van der Waals surface area contributed by atoms with Gasteiger partial charge in [-0.3, -0.25) is 4.79 Å². The number of hydrogen-bond donors (Lipinski definition) is 2. The number of aliphatic hydroxyl groups excluding tert-OH is 1. The van der Waals surface area contributed by atoms with E-state index in [1.807, 2.05) is 0 Å². The van der Waals surface area contributed by atoms with Crippen LogP contribution in [-0.4, -0.2) is 34.5 Å². The molecule has 0 aromatic carbocycles. The Bertz CT molecular complexity index is 146. The molecule has 0 rings (SSSR count). The molecule has 0 aromatic heterocycles. The Hall–Kier alpha value is -0.610. The van der Waals surface area contributed by atoms with E-state index in [9.17, 15) is 9.90 Å². The molecule has 0 amide bonds. The summed E-state index contributed by atoms with van der Waals surface area (Å²) >= 11 is 0. The molecule has 4 nitrogen and oxygen atoms in total. The maximum atomic E-state index is 10.9. The van der Waals surface area contributed by atoms with Gasteiger partial charge in [0.25, 0.3) is 0 Å². The fourth-order valence-corrected chi connectivity index (χ4v) is 0.618. The van der Waals surface area contributed by atoms with Crippen LogP contribution in [0.2, 0.25) is 0 Å². The molecule has 1 atom stereocenters. The van der Waals surface area contributed by atoms with E-state index in [0.29, 0.717) is 0 Å². The largest absolute Gasteiger partial charge is 0.463 e. The van der Waals surface area contributed by atoms with Gasteiger partial charge in [-0.1, -0.05) is 0 Å². The van der Waals surface area contributed by atoms with Crippen LogP contribution in [0.3, 0.4) is 0 Å². The van der Waals surface area contributed by atoms with Crippen LogP contribution in [0.4, 0.5) is 0 Å². The van der Waals surface area contributed by atoms with Crippen molar-refractivity contribution in [2.45, 2.75) is 38.9 Å². The Morgan fingerprint density at radius 1 is 1.58 bits per heavy atom. The van der Waals surface area contributed by atoms with Crippen molar-refractivity contribution >= 4 is 5.97 Å². The number of rotatable bonds is 4. The fourth-order valence-electron chi connectivity index (χ4n) is 0.618. The summed E-state index contributed by atoms with van der Waals surface area (Å²) in [4.78, 5) is 10.9. The SMILES string of the molecule is CC(O)COC(=O)CC(C)(C)O. The Labute approximate surface area is 72.2 Å². The molecular formula is C8H16O4. The summed E-state index contributed by atoms with van der Waals surface area (Å²) < 4.78 is 4.63. The molecule has 72 valence electrons. The Morgan fingerprint density at radius 2 is 2.08 bits per heavy atom. The number of hydrogen-bond acceptors (Lipinski definition) is 4. The normalized spacial score (nSPS) is 14.1. The van der Waals surface area contributed by atoms with Crippen molar-refractivity contribution in [2.24, 2.45) is 0 Å². The third-order valence-electron chi connectivity index (χ3n) is 1.06. The van der Waals surface area contributed by atoms with E-state index >= 15 is 0 Å². The molecule has 0 aliphatic rings. The van der Waals surface area contributed by atoms with Gasteiger partial charge in [-0.05, 0) is 20.8 Å². The smallest absolute Gasteiger partial charge is 0.308 e. The van der Waals surface area contributed by atoms with Gasteiger partial charge >= 0.3 is 5.97 Å². The average molecular weight is 176 g/mol. The zero-order chi connectivity index (χ0) is 9.78. The van der Waals surface area contributed by atoms with Gasteiger partial charge in [0.1, 0.15) is 6.61 Å². The zero-order valence-corrected chi connectivity index (χ0v) is 7.70. The predicted molar refractivity (Wildman–Crippen MR) is 43.6 cm³/mol. The first-order valence-corrected chi connectivity index (χ1v) is 3.87. The Kier molecular flexibility index (Phi) is 4.20. The molecule has 0 aliphatic heterocycles. The van der Waals surface area contributed by atoms with Crippen molar-refractivity contribution in [1.82, 2.24) is 0 Å². The number of carbonyl (C=O) groups excluding carboxylic acids is 1. The first kappa shape index (κ1) is 11.4. The van der Waals surface area contributed by atoms with Crippen molar-refractivity contribution in [3.05, 3.63) is 0 Å². The summed E-state index contributed by atoms with van der Waals surface area (Å²) in [6, 6.07) is 0. The van der Waals surface area contributed by atoms with Crippen molar-refractivity contribution < 1.29 is 19.7 Å². The number of aliphatic hydroxyl groups is 2. The van der Waals surface area contributed by atoms with Crippen molar-refractivity contribution in [3.8, 4) is 0 Å². The average Bonchev–Trinajstić information content (AvgIpc) is 1.79. The predicted octanol–water partition coefficient (Wildman–Crippen LogP) is 0.0714. The molecule has 4 heteroatoms. The molecule has 1 unspecified atom stereocenters. The van der Waals surface area contributed by atoms with Gasteiger partial charge in [0, 0.05) is 0 Å².